The number of nitrogens with one attached hydrogen (secondary N) is 2. The number of hydrogen-bond donors (Lipinski definition) is 2. The Kier molecular flexibility index (Phi) is 7.28. The molecule has 0 heterocycles. The Morgan fingerprint density at radius 1 is 0.879 bits per heavy atom. The lowest BCUT2D eigenvalue weighted by Gasteiger charge is -2.16. The van der Waals surface area contributed by atoms with E-state index in [0.29, 0.717) is 22.9 Å². The summed E-state index contributed by atoms with van der Waals surface area (Å²) in [5.74, 6) is 0.701. The SMILES string of the molecule is COc1ccc(C)cc1NS(=O)(=O)c1ccc(NC(=O)[C@@H](C)Oc2cc(C)cc(C)c2)cc1. The average molecular weight is 469 g/mol. The van der Waals surface area contributed by atoms with Gasteiger partial charge < -0.3 is 14.8 Å². The summed E-state index contributed by atoms with van der Waals surface area (Å²) in [6.45, 7) is 7.44. The predicted molar refractivity (Wildman–Crippen MR) is 130 cm³/mol. The highest BCUT2D eigenvalue weighted by atomic mass is 32.2. The molecular formula is C25H28N2O5S. The third-order valence-corrected chi connectivity index (χ3v) is 6.29. The predicted octanol–water partition coefficient (Wildman–Crippen LogP) is 4.83. The van der Waals surface area contributed by atoms with Crippen molar-refractivity contribution in [2.24, 2.45) is 0 Å². The molecule has 0 aliphatic heterocycles. The number of aryl methyl sites for hydroxylation is 3. The monoisotopic (exact) mass is 468 g/mol. The summed E-state index contributed by atoms with van der Waals surface area (Å²) in [5, 5.41) is 2.75. The summed E-state index contributed by atoms with van der Waals surface area (Å²) in [6, 6.07) is 16.9. The second-order valence-electron chi connectivity index (χ2n) is 7.91. The smallest absolute Gasteiger partial charge is 0.265 e. The fourth-order valence-electron chi connectivity index (χ4n) is 3.33. The number of benzene rings is 3. The maximum atomic E-state index is 12.8. The fraction of sp³-hybridized carbons (Fsp3) is 0.240. The number of carbonyl (C=O) groups excluding carboxylic acids is 1. The lowest BCUT2D eigenvalue weighted by molar-refractivity contribution is -0.122. The van der Waals surface area contributed by atoms with Gasteiger partial charge in [0, 0.05) is 5.69 Å². The van der Waals surface area contributed by atoms with Gasteiger partial charge in [-0.25, -0.2) is 8.42 Å². The molecule has 0 aliphatic carbocycles. The number of methoxy groups -OCH3 is 1. The van der Waals surface area contributed by atoms with Crippen molar-refractivity contribution in [2.75, 3.05) is 17.1 Å². The first kappa shape index (κ1) is 24.1. The number of rotatable bonds is 8. The maximum Gasteiger partial charge on any atom is 0.265 e. The second-order valence-corrected chi connectivity index (χ2v) is 9.59. The molecule has 3 rings (SSSR count). The van der Waals surface area contributed by atoms with Crippen molar-refractivity contribution in [1.82, 2.24) is 0 Å². The summed E-state index contributed by atoms with van der Waals surface area (Å²) in [6.07, 6.45) is -0.731. The van der Waals surface area contributed by atoms with Crippen LogP contribution < -0.4 is 19.5 Å². The number of hydrogen-bond acceptors (Lipinski definition) is 5. The van der Waals surface area contributed by atoms with E-state index in [2.05, 4.69) is 10.0 Å². The van der Waals surface area contributed by atoms with Crippen LogP contribution in [0.25, 0.3) is 0 Å². The molecule has 0 saturated carbocycles. The Morgan fingerprint density at radius 2 is 1.52 bits per heavy atom. The normalized spacial score (nSPS) is 12.0. The second kappa shape index (κ2) is 9.95. The minimum absolute atomic E-state index is 0.0589. The minimum atomic E-state index is -3.84. The molecule has 0 fully saturated rings. The van der Waals surface area contributed by atoms with Crippen molar-refractivity contribution in [3.8, 4) is 11.5 Å². The summed E-state index contributed by atoms with van der Waals surface area (Å²) in [7, 11) is -2.36. The highest BCUT2D eigenvalue weighted by Gasteiger charge is 2.18. The highest BCUT2D eigenvalue weighted by molar-refractivity contribution is 7.92. The van der Waals surface area contributed by atoms with E-state index in [1.54, 1.807) is 19.1 Å². The van der Waals surface area contributed by atoms with Crippen LogP contribution in [0.4, 0.5) is 11.4 Å². The van der Waals surface area contributed by atoms with Crippen LogP contribution in [-0.2, 0) is 14.8 Å². The van der Waals surface area contributed by atoms with E-state index < -0.39 is 16.1 Å². The third kappa shape index (κ3) is 6.26. The summed E-state index contributed by atoms with van der Waals surface area (Å²) < 4.78 is 39.2. The van der Waals surface area contributed by atoms with Gasteiger partial charge in [-0.1, -0.05) is 12.1 Å². The van der Waals surface area contributed by atoms with Gasteiger partial charge in [0.1, 0.15) is 11.5 Å². The number of carbonyl (C=O) groups is 1. The number of amides is 1. The maximum absolute atomic E-state index is 12.8. The quantitative estimate of drug-likeness (QED) is 0.494. The van der Waals surface area contributed by atoms with E-state index in [1.807, 2.05) is 45.0 Å². The van der Waals surface area contributed by atoms with Gasteiger partial charge in [-0.3, -0.25) is 9.52 Å². The van der Waals surface area contributed by atoms with E-state index >= 15 is 0 Å². The highest BCUT2D eigenvalue weighted by Crippen LogP contribution is 2.28. The molecule has 7 nitrogen and oxygen atoms in total. The Labute approximate surface area is 194 Å². The van der Waals surface area contributed by atoms with Gasteiger partial charge in [0.25, 0.3) is 15.9 Å². The van der Waals surface area contributed by atoms with E-state index in [4.69, 9.17) is 9.47 Å². The first-order chi connectivity index (χ1) is 15.6. The zero-order chi connectivity index (χ0) is 24.2. The number of ether oxygens (including phenoxy) is 2. The standard InChI is InChI=1S/C25H28N2O5S/c1-16-6-11-24(31-5)23(15-16)27-33(29,30)22-9-7-20(8-10-22)26-25(28)19(4)32-21-13-17(2)12-18(3)14-21/h6-15,19,27H,1-5H3,(H,26,28)/t19-/m1/s1. The Hall–Kier alpha value is -3.52. The van der Waals surface area contributed by atoms with Gasteiger partial charge >= 0.3 is 0 Å². The molecule has 0 unspecified atom stereocenters. The van der Waals surface area contributed by atoms with Crippen LogP contribution in [-0.4, -0.2) is 27.5 Å². The molecule has 2 N–H and O–H groups in total. The van der Waals surface area contributed by atoms with Gasteiger partial charge in [0.15, 0.2) is 6.10 Å². The van der Waals surface area contributed by atoms with Crippen molar-refractivity contribution in [3.63, 3.8) is 0 Å². The van der Waals surface area contributed by atoms with Gasteiger partial charge in [0.05, 0.1) is 17.7 Å². The molecule has 1 atom stereocenters. The number of anilines is 2. The minimum Gasteiger partial charge on any atom is -0.495 e. The van der Waals surface area contributed by atoms with Crippen LogP contribution in [0.3, 0.4) is 0 Å². The topological polar surface area (TPSA) is 93.7 Å². The fourth-order valence-corrected chi connectivity index (χ4v) is 4.39. The summed E-state index contributed by atoms with van der Waals surface area (Å²) in [5.41, 5.74) is 3.80. The zero-order valence-electron chi connectivity index (χ0n) is 19.3. The van der Waals surface area contributed by atoms with Crippen molar-refractivity contribution < 1.29 is 22.7 Å². The van der Waals surface area contributed by atoms with Gasteiger partial charge in [-0.05, 0) is 92.9 Å². The molecule has 0 spiro atoms. The first-order valence-corrected chi connectivity index (χ1v) is 11.9. The molecule has 3 aromatic carbocycles. The van der Waals surface area contributed by atoms with Crippen LogP contribution in [0.1, 0.15) is 23.6 Å². The van der Waals surface area contributed by atoms with E-state index in [9.17, 15) is 13.2 Å². The van der Waals surface area contributed by atoms with E-state index in [0.717, 1.165) is 16.7 Å². The molecule has 174 valence electrons. The van der Waals surface area contributed by atoms with Crippen LogP contribution in [0.15, 0.2) is 65.6 Å². The molecule has 0 saturated heterocycles. The molecule has 1 amide bonds. The van der Waals surface area contributed by atoms with Crippen LogP contribution in [0.5, 0.6) is 11.5 Å². The summed E-state index contributed by atoms with van der Waals surface area (Å²) in [4.78, 5) is 12.6. The lowest BCUT2D eigenvalue weighted by Crippen LogP contribution is -2.30. The van der Waals surface area contributed by atoms with Crippen LogP contribution in [0.2, 0.25) is 0 Å². The molecule has 3 aromatic rings. The molecular weight excluding hydrogens is 440 g/mol. The Bertz CT molecular complexity index is 1230. The largest absolute Gasteiger partial charge is 0.495 e. The average Bonchev–Trinajstić information content (AvgIpc) is 2.73. The third-order valence-electron chi connectivity index (χ3n) is 4.91. The van der Waals surface area contributed by atoms with Crippen molar-refractivity contribution in [2.45, 2.75) is 38.7 Å². The van der Waals surface area contributed by atoms with Crippen molar-refractivity contribution in [1.29, 1.82) is 0 Å². The number of sulfonamides is 1. The van der Waals surface area contributed by atoms with Crippen molar-refractivity contribution >= 4 is 27.3 Å². The Balaban J connectivity index is 1.68. The van der Waals surface area contributed by atoms with Gasteiger partial charge in [0.2, 0.25) is 0 Å². The van der Waals surface area contributed by atoms with Crippen LogP contribution in [0, 0.1) is 20.8 Å². The molecule has 8 heteroatoms. The lowest BCUT2D eigenvalue weighted by atomic mass is 10.1. The Morgan fingerprint density at radius 3 is 2.12 bits per heavy atom. The van der Waals surface area contributed by atoms with Crippen LogP contribution >= 0.6 is 0 Å². The molecule has 0 aromatic heterocycles. The van der Waals surface area contributed by atoms with Gasteiger partial charge in [-0.2, -0.15) is 0 Å². The van der Waals surface area contributed by atoms with E-state index in [1.165, 1.54) is 31.4 Å². The first-order valence-electron chi connectivity index (χ1n) is 10.4. The molecule has 33 heavy (non-hydrogen) atoms. The molecule has 0 bridgehead atoms. The molecule has 0 radical (unpaired) electrons. The zero-order valence-corrected chi connectivity index (χ0v) is 20.1. The molecule has 0 aliphatic rings. The van der Waals surface area contributed by atoms with Gasteiger partial charge in [-0.15, -0.1) is 0 Å². The van der Waals surface area contributed by atoms with Crippen molar-refractivity contribution in [3.05, 3.63) is 77.4 Å². The van der Waals surface area contributed by atoms with E-state index in [-0.39, 0.29) is 10.8 Å². The summed E-state index contributed by atoms with van der Waals surface area (Å²) >= 11 is 0.